The van der Waals surface area contributed by atoms with Crippen molar-refractivity contribution in [1.29, 1.82) is 0 Å². The van der Waals surface area contributed by atoms with Crippen LogP contribution in [-0.4, -0.2) is 0 Å². The summed E-state index contributed by atoms with van der Waals surface area (Å²) in [7, 11) is 0. The van der Waals surface area contributed by atoms with Gasteiger partial charge in [-0.15, -0.1) is 0 Å². The van der Waals surface area contributed by atoms with Gasteiger partial charge in [0, 0.05) is 53.7 Å². The summed E-state index contributed by atoms with van der Waals surface area (Å²) in [5.41, 5.74) is 5.13. The number of halogens is 12. The molecule has 12 heteroatoms. The van der Waals surface area contributed by atoms with E-state index in [4.69, 9.17) is 0 Å². The van der Waals surface area contributed by atoms with Crippen molar-refractivity contribution in [2.45, 2.75) is 25.7 Å². The molecule has 4 rings (SSSR count). The fourth-order valence-corrected chi connectivity index (χ4v) is 9.68. The van der Waals surface area contributed by atoms with Crippen LogP contribution in [0.2, 0.25) is 0 Å². The third-order valence-electron chi connectivity index (χ3n) is 5.79. The van der Waals surface area contributed by atoms with E-state index in [1.807, 2.05) is 0 Å². The van der Waals surface area contributed by atoms with Gasteiger partial charge < -0.3 is 0 Å². The zero-order valence-electron chi connectivity index (χ0n) is 20.0. The lowest BCUT2D eigenvalue weighted by Gasteiger charge is -2.10. The van der Waals surface area contributed by atoms with E-state index in [9.17, 15) is 0 Å². The quantitative estimate of drug-likeness (QED) is 0.169. The normalized spacial score (nSPS) is 10.9. The second-order valence-electron chi connectivity index (χ2n) is 8.34. The van der Waals surface area contributed by atoms with Crippen molar-refractivity contribution in [3.05, 3.63) is 124 Å². The first-order valence-electron chi connectivity index (χ1n) is 11.3. The highest BCUT2D eigenvalue weighted by molar-refractivity contribution is 9.15. The summed E-state index contributed by atoms with van der Waals surface area (Å²) in [5.74, 6) is 0. The van der Waals surface area contributed by atoms with E-state index in [0.29, 0.717) is 0 Å². The molecule has 212 valence electrons. The average Bonchev–Trinajstić information content (AvgIpc) is 2.93. The van der Waals surface area contributed by atoms with E-state index in [2.05, 4.69) is 240 Å². The van der Waals surface area contributed by atoms with Crippen molar-refractivity contribution in [2.75, 3.05) is 0 Å². The molecule has 0 spiro atoms. The molecule has 0 atom stereocenters. The lowest BCUT2D eigenvalue weighted by molar-refractivity contribution is 0.945. The topological polar surface area (TPSA) is 0 Å². The Hall–Kier alpha value is 2.64. The van der Waals surface area contributed by atoms with Crippen LogP contribution in [0, 0.1) is 0 Å². The molecule has 0 heterocycles. The highest BCUT2D eigenvalue weighted by Crippen LogP contribution is 2.38. The van der Waals surface area contributed by atoms with Crippen molar-refractivity contribution < 1.29 is 0 Å². The Kier molecular flexibility index (Phi) is 16.3. The SMILES string of the molecule is Brc1ccc(CCc2ccc(Br)c(Br)c2Br)c(Br)c1Br.Brc1ccc(CCc2ccc(Br)c(Br)c2Br)c(Br)c1Br. The fourth-order valence-electron chi connectivity index (χ4n) is 3.57. The maximum Gasteiger partial charge on any atom is 0.0462 e. The van der Waals surface area contributed by atoms with Crippen LogP contribution in [0.25, 0.3) is 0 Å². The fraction of sp³-hybridized carbons (Fsp3) is 0.143. The molecule has 0 saturated heterocycles. The molecule has 0 aliphatic carbocycles. The zero-order valence-corrected chi connectivity index (χ0v) is 39.0. The van der Waals surface area contributed by atoms with Crippen LogP contribution >= 0.6 is 191 Å². The van der Waals surface area contributed by atoms with E-state index >= 15 is 0 Å². The van der Waals surface area contributed by atoms with Gasteiger partial charge in [0.25, 0.3) is 0 Å². The van der Waals surface area contributed by atoms with Crippen molar-refractivity contribution in [3.63, 3.8) is 0 Å². The Morgan fingerprint density at radius 1 is 0.250 bits per heavy atom. The Morgan fingerprint density at radius 3 is 0.600 bits per heavy atom. The Balaban J connectivity index is 0.000000220. The van der Waals surface area contributed by atoms with Crippen LogP contribution in [0.5, 0.6) is 0 Å². The number of hydrogen-bond donors (Lipinski definition) is 0. The van der Waals surface area contributed by atoms with Crippen LogP contribution in [0.4, 0.5) is 0 Å². The van der Waals surface area contributed by atoms with Gasteiger partial charge in [0.2, 0.25) is 0 Å². The van der Waals surface area contributed by atoms with Gasteiger partial charge in [-0.3, -0.25) is 0 Å². The van der Waals surface area contributed by atoms with Gasteiger partial charge in [0.1, 0.15) is 0 Å². The first kappa shape index (κ1) is 37.1. The molecule has 0 aliphatic heterocycles. The number of rotatable bonds is 6. The van der Waals surface area contributed by atoms with Crippen molar-refractivity contribution >= 4 is 191 Å². The summed E-state index contributed by atoms with van der Waals surface area (Å²) in [6.45, 7) is 0. The lowest BCUT2D eigenvalue weighted by Crippen LogP contribution is -1.95. The highest BCUT2D eigenvalue weighted by Gasteiger charge is 2.12. The van der Waals surface area contributed by atoms with E-state index in [1.165, 1.54) is 22.3 Å². The van der Waals surface area contributed by atoms with Crippen molar-refractivity contribution in [2.24, 2.45) is 0 Å². The van der Waals surface area contributed by atoms with Crippen LogP contribution in [0.15, 0.2) is 102 Å². The van der Waals surface area contributed by atoms with Crippen LogP contribution < -0.4 is 0 Å². The summed E-state index contributed by atoms with van der Waals surface area (Å²) in [6, 6.07) is 16.8. The zero-order chi connectivity index (χ0) is 29.7. The van der Waals surface area contributed by atoms with Crippen LogP contribution in [0.3, 0.4) is 0 Å². The van der Waals surface area contributed by atoms with E-state index in [1.54, 1.807) is 0 Å². The van der Waals surface area contributed by atoms with Gasteiger partial charge in [-0.05, 0) is 263 Å². The molecular weight excluding hydrogens is 1300 g/mol. The third-order valence-corrected chi connectivity index (χ3v) is 19.6. The molecule has 0 unspecified atom stereocenters. The van der Waals surface area contributed by atoms with Gasteiger partial charge in [-0.25, -0.2) is 0 Å². The molecule has 4 aromatic rings. The highest BCUT2D eigenvalue weighted by atomic mass is 79.9. The average molecular weight is 1310 g/mol. The lowest BCUT2D eigenvalue weighted by atomic mass is 10.0. The molecule has 0 radical (unpaired) electrons. The Labute approximate surface area is 335 Å². The predicted molar refractivity (Wildman–Crippen MR) is 213 cm³/mol. The monoisotopic (exact) mass is 1300 g/mol. The third kappa shape index (κ3) is 9.82. The summed E-state index contributed by atoms with van der Waals surface area (Å²) >= 11 is 42.9. The smallest absolute Gasteiger partial charge is 0.0462 e. The summed E-state index contributed by atoms with van der Waals surface area (Å²) in [5, 5.41) is 0. The van der Waals surface area contributed by atoms with E-state index < -0.39 is 0 Å². The summed E-state index contributed by atoms with van der Waals surface area (Å²) in [4.78, 5) is 0. The molecule has 0 saturated carbocycles. The minimum atomic E-state index is 0.971. The van der Waals surface area contributed by atoms with E-state index in [0.717, 1.165) is 79.4 Å². The van der Waals surface area contributed by atoms with Gasteiger partial charge in [-0.2, -0.15) is 0 Å². The molecule has 0 N–H and O–H groups in total. The summed E-state index contributed by atoms with van der Waals surface area (Å²) < 4.78 is 12.9. The standard InChI is InChI=1S/2C14H8Br6/c2*15-9-5-3-7(11(17)13(9)19)1-2-8-4-6-10(16)14(20)12(8)18/h2*3-6H,1-2H2. The van der Waals surface area contributed by atoms with Crippen molar-refractivity contribution in [3.8, 4) is 0 Å². The molecule has 0 aromatic heterocycles. The maximum atomic E-state index is 3.64. The van der Waals surface area contributed by atoms with Crippen molar-refractivity contribution in [1.82, 2.24) is 0 Å². The molecule has 0 amide bonds. The molecule has 0 nitrogen and oxygen atoms in total. The van der Waals surface area contributed by atoms with Crippen LogP contribution in [0.1, 0.15) is 22.3 Å². The molecular formula is C28H16Br12. The molecule has 40 heavy (non-hydrogen) atoms. The van der Waals surface area contributed by atoms with Gasteiger partial charge >= 0.3 is 0 Å². The van der Waals surface area contributed by atoms with Gasteiger partial charge in [0.15, 0.2) is 0 Å². The second kappa shape index (κ2) is 17.5. The number of hydrogen-bond acceptors (Lipinski definition) is 0. The first-order chi connectivity index (χ1) is 18.8. The molecule has 0 aliphatic rings. The molecule has 4 aromatic carbocycles. The predicted octanol–water partition coefficient (Wildman–Crippen LogP) is 16.1. The van der Waals surface area contributed by atoms with E-state index in [-0.39, 0.29) is 0 Å². The van der Waals surface area contributed by atoms with Gasteiger partial charge in [-0.1, -0.05) is 24.3 Å². The second-order valence-corrected chi connectivity index (χ2v) is 18.1. The number of aryl methyl sites for hydroxylation is 4. The minimum Gasteiger partial charge on any atom is -0.0567 e. The first-order valence-corrected chi connectivity index (χ1v) is 20.8. The molecule has 0 fully saturated rings. The Morgan fingerprint density at radius 2 is 0.425 bits per heavy atom. The number of benzene rings is 4. The maximum absolute atomic E-state index is 3.64. The summed E-state index contributed by atoms with van der Waals surface area (Å²) in [6.07, 6.45) is 3.89. The largest absolute Gasteiger partial charge is 0.0567 e. The minimum absolute atomic E-state index is 0.971. The van der Waals surface area contributed by atoms with Crippen LogP contribution in [-0.2, 0) is 25.7 Å². The molecule has 0 bridgehead atoms. The van der Waals surface area contributed by atoms with Gasteiger partial charge in [0.05, 0.1) is 0 Å². The Bertz CT molecular complexity index is 1300.